The van der Waals surface area contributed by atoms with Gasteiger partial charge in [0.2, 0.25) is 0 Å². The Morgan fingerprint density at radius 3 is 1.18 bits per heavy atom. The zero-order valence-electron chi connectivity index (χ0n) is 19.2. The Kier molecular flexibility index (Phi) is 5.21. The van der Waals surface area contributed by atoms with Crippen LogP contribution in [0.1, 0.15) is 93.9 Å². The smallest absolute Gasteiger partial charge is 0.302 e. The monoisotopic (exact) mass is 392 g/mol. The van der Waals surface area contributed by atoms with Gasteiger partial charge in [0, 0.05) is 24.7 Å². The lowest BCUT2D eigenvalue weighted by molar-refractivity contribution is -0.155. The standard InChI is InChI=1S/2C12H20O2/c2*1-8(13)14-10-7-9-5-6-12(10,4)11(9,2)3/h2*9-10H,5-7H2,1-4H3/t2*9-,10+,12+/m10/s1. The zero-order chi connectivity index (χ0) is 21.1. The maximum atomic E-state index is 11.0. The summed E-state index contributed by atoms with van der Waals surface area (Å²) >= 11 is 0. The van der Waals surface area contributed by atoms with Crippen molar-refractivity contribution in [2.24, 2.45) is 33.5 Å². The molecule has 4 bridgehead atoms. The number of hydrogen-bond donors (Lipinski definition) is 0. The van der Waals surface area contributed by atoms with E-state index in [9.17, 15) is 9.59 Å². The summed E-state index contributed by atoms with van der Waals surface area (Å²) in [6, 6.07) is 0. The molecule has 0 aromatic heterocycles. The minimum absolute atomic E-state index is 0.125. The van der Waals surface area contributed by atoms with Gasteiger partial charge in [-0.05, 0) is 61.2 Å². The molecule has 4 nitrogen and oxygen atoms in total. The summed E-state index contributed by atoms with van der Waals surface area (Å²) < 4.78 is 10.9. The van der Waals surface area contributed by atoms with E-state index in [1.54, 1.807) is 0 Å². The van der Waals surface area contributed by atoms with Gasteiger partial charge < -0.3 is 9.47 Å². The van der Waals surface area contributed by atoms with Crippen LogP contribution in [0.2, 0.25) is 0 Å². The first-order chi connectivity index (χ1) is 12.8. The molecule has 0 aromatic carbocycles. The Morgan fingerprint density at radius 2 is 1.00 bits per heavy atom. The Morgan fingerprint density at radius 1 is 0.679 bits per heavy atom. The summed E-state index contributed by atoms with van der Waals surface area (Å²) in [6.07, 6.45) is 7.50. The minimum Gasteiger partial charge on any atom is -0.462 e. The molecule has 0 amide bonds. The fourth-order valence-electron chi connectivity index (χ4n) is 7.02. The maximum absolute atomic E-state index is 11.0. The van der Waals surface area contributed by atoms with E-state index in [0.717, 1.165) is 24.7 Å². The molecule has 4 aliphatic rings. The number of rotatable bonds is 2. The average Bonchev–Trinajstić information content (AvgIpc) is 3.06. The van der Waals surface area contributed by atoms with Crippen LogP contribution >= 0.6 is 0 Å². The fraction of sp³-hybridized carbons (Fsp3) is 0.917. The van der Waals surface area contributed by atoms with Crippen molar-refractivity contribution in [3.8, 4) is 0 Å². The number of hydrogen-bond acceptors (Lipinski definition) is 4. The quantitative estimate of drug-likeness (QED) is 0.580. The molecule has 4 heteroatoms. The third kappa shape index (κ3) is 3.01. The van der Waals surface area contributed by atoms with E-state index in [2.05, 4.69) is 41.5 Å². The van der Waals surface area contributed by atoms with Crippen molar-refractivity contribution in [2.45, 2.75) is 106 Å². The molecule has 0 saturated heterocycles. The third-order valence-electron chi connectivity index (χ3n) is 10.0. The Bertz CT molecular complexity index is 595. The summed E-state index contributed by atoms with van der Waals surface area (Å²) in [7, 11) is 0. The van der Waals surface area contributed by atoms with E-state index >= 15 is 0 Å². The number of esters is 2. The third-order valence-corrected chi connectivity index (χ3v) is 10.0. The Balaban J connectivity index is 0.000000161. The molecule has 4 rings (SSSR count). The molecule has 0 aromatic rings. The lowest BCUT2D eigenvalue weighted by Gasteiger charge is -2.38. The van der Waals surface area contributed by atoms with E-state index in [4.69, 9.17) is 9.47 Å². The van der Waals surface area contributed by atoms with E-state index in [1.807, 2.05) is 0 Å². The Hall–Kier alpha value is -1.06. The van der Waals surface area contributed by atoms with Gasteiger partial charge in [0.15, 0.2) is 0 Å². The number of carbonyl (C=O) groups is 2. The van der Waals surface area contributed by atoms with Crippen LogP contribution in [0, 0.1) is 33.5 Å². The first kappa shape index (κ1) is 21.6. The van der Waals surface area contributed by atoms with Crippen LogP contribution in [0.4, 0.5) is 0 Å². The normalized spacial score (nSPS) is 44.0. The van der Waals surface area contributed by atoms with Crippen molar-refractivity contribution in [1.82, 2.24) is 0 Å². The van der Waals surface area contributed by atoms with Crippen molar-refractivity contribution in [1.29, 1.82) is 0 Å². The number of fused-ring (bicyclic) bond motifs is 4. The number of carbonyl (C=O) groups excluding carboxylic acids is 2. The van der Waals surface area contributed by atoms with Crippen molar-refractivity contribution in [3.05, 3.63) is 0 Å². The molecule has 28 heavy (non-hydrogen) atoms. The van der Waals surface area contributed by atoms with Crippen LogP contribution in [-0.2, 0) is 19.1 Å². The van der Waals surface area contributed by atoms with E-state index in [-0.39, 0.29) is 35.0 Å². The van der Waals surface area contributed by atoms with E-state index < -0.39 is 0 Å². The van der Waals surface area contributed by atoms with Gasteiger partial charge in [-0.15, -0.1) is 0 Å². The topological polar surface area (TPSA) is 52.6 Å². The molecule has 0 heterocycles. The molecule has 4 fully saturated rings. The summed E-state index contributed by atoms with van der Waals surface area (Å²) in [5.41, 5.74) is 1.10. The fourth-order valence-corrected chi connectivity index (χ4v) is 7.02. The van der Waals surface area contributed by atoms with Crippen LogP contribution in [0.3, 0.4) is 0 Å². The lowest BCUT2D eigenvalue weighted by atomic mass is 9.70. The van der Waals surface area contributed by atoms with Crippen LogP contribution in [-0.4, -0.2) is 24.1 Å². The second-order valence-corrected chi connectivity index (χ2v) is 11.4. The SMILES string of the molecule is CC(=O)O[C@@H]1C[C@@H]2CC[C@@]1(C)C2(C)C.CC(=O)O[C@H]1C[C@H]2CC[C@]1(C)C2(C)C. The molecule has 6 atom stereocenters. The van der Waals surface area contributed by atoms with E-state index in [0.29, 0.717) is 10.8 Å². The van der Waals surface area contributed by atoms with Gasteiger partial charge in [-0.1, -0.05) is 41.5 Å². The first-order valence-electron chi connectivity index (χ1n) is 11.1. The van der Waals surface area contributed by atoms with Crippen molar-refractivity contribution in [3.63, 3.8) is 0 Å². The van der Waals surface area contributed by atoms with Gasteiger partial charge in [0.05, 0.1) is 0 Å². The molecule has 0 unspecified atom stereocenters. The van der Waals surface area contributed by atoms with Gasteiger partial charge in [0.1, 0.15) is 12.2 Å². The molecule has 0 spiro atoms. The molecule has 0 N–H and O–H groups in total. The van der Waals surface area contributed by atoms with Crippen molar-refractivity contribution >= 4 is 11.9 Å². The van der Waals surface area contributed by atoms with Crippen LogP contribution < -0.4 is 0 Å². The predicted molar refractivity (Wildman–Crippen MR) is 110 cm³/mol. The van der Waals surface area contributed by atoms with Gasteiger partial charge in [-0.25, -0.2) is 0 Å². The zero-order valence-corrected chi connectivity index (χ0v) is 19.2. The highest BCUT2D eigenvalue weighted by molar-refractivity contribution is 5.66. The molecule has 0 aliphatic heterocycles. The second-order valence-electron chi connectivity index (χ2n) is 11.4. The van der Waals surface area contributed by atoms with Crippen LogP contribution in [0.25, 0.3) is 0 Å². The molecular formula is C24H40O4. The summed E-state index contributed by atoms with van der Waals surface area (Å²) in [6.45, 7) is 16.9. The van der Waals surface area contributed by atoms with Gasteiger partial charge >= 0.3 is 11.9 Å². The average molecular weight is 393 g/mol. The molecule has 4 aliphatic carbocycles. The minimum atomic E-state index is -0.125. The van der Waals surface area contributed by atoms with Crippen LogP contribution in [0.5, 0.6) is 0 Å². The van der Waals surface area contributed by atoms with Gasteiger partial charge in [-0.3, -0.25) is 9.59 Å². The highest BCUT2D eigenvalue weighted by Crippen LogP contribution is 2.67. The highest BCUT2D eigenvalue weighted by atomic mass is 16.5. The summed E-state index contributed by atoms with van der Waals surface area (Å²) in [5, 5.41) is 0. The molecule has 4 saturated carbocycles. The number of ether oxygens (including phenoxy) is 2. The second kappa shape index (κ2) is 6.74. The van der Waals surface area contributed by atoms with Crippen molar-refractivity contribution < 1.29 is 19.1 Å². The van der Waals surface area contributed by atoms with Gasteiger partial charge in [-0.2, -0.15) is 0 Å². The van der Waals surface area contributed by atoms with Crippen LogP contribution in [0.15, 0.2) is 0 Å². The summed E-state index contributed by atoms with van der Waals surface area (Å²) in [4.78, 5) is 22.0. The van der Waals surface area contributed by atoms with E-state index in [1.165, 1.54) is 39.5 Å². The molecule has 0 radical (unpaired) electrons. The highest BCUT2D eigenvalue weighted by Gasteiger charge is 2.63. The molecular weight excluding hydrogens is 352 g/mol. The first-order valence-corrected chi connectivity index (χ1v) is 11.1. The lowest BCUT2D eigenvalue weighted by Crippen LogP contribution is -2.37. The maximum Gasteiger partial charge on any atom is 0.302 e. The van der Waals surface area contributed by atoms with Crippen molar-refractivity contribution in [2.75, 3.05) is 0 Å². The molecule has 160 valence electrons. The summed E-state index contributed by atoms with van der Waals surface area (Å²) in [5.74, 6) is 1.24. The van der Waals surface area contributed by atoms with Gasteiger partial charge in [0.25, 0.3) is 0 Å². The Labute approximate surface area is 171 Å². The predicted octanol–water partition coefficient (Wildman–Crippen LogP) is 5.53. The largest absolute Gasteiger partial charge is 0.462 e.